The lowest BCUT2D eigenvalue weighted by Gasteiger charge is -2.17. The third-order valence-corrected chi connectivity index (χ3v) is 3.30. The number of nitrogens with zero attached hydrogens (tertiary/aromatic N) is 3. The molecule has 2 aromatic heterocycles. The highest BCUT2D eigenvalue weighted by atomic mass is 15.0. The summed E-state index contributed by atoms with van der Waals surface area (Å²) in [6, 6.07) is 2.01. The number of hydrogen-bond donors (Lipinski definition) is 1. The summed E-state index contributed by atoms with van der Waals surface area (Å²) in [6.45, 7) is 9.50. The van der Waals surface area contributed by atoms with E-state index in [4.69, 9.17) is 0 Å². The van der Waals surface area contributed by atoms with Crippen LogP contribution in [0.25, 0.3) is 11.3 Å². The fourth-order valence-corrected chi connectivity index (χ4v) is 2.25. The maximum absolute atomic E-state index is 4.51. The molecular weight excluding hydrogens is 248 g/mol. The fourth-order valence-electron chi connectivity index (χ4n) is 2.25. The van der Waals surface area contributed by atoms with Gasteiger partial charge in [0.05, 0.1) is 5.69 Å². The first kappa shape index (κ1) is 14.4. The molecule has 0 bridgehead atoms. The van der Waals surface area contributed by atoms with Crippen LogP contribution in [0.3, 0.4) is 0 Å². The van der Waals surface area contributed by atoms with Crippen LogP contribution in [0, 0.1) is 6.92 Å². The van der Waals surface area contributed by atoms with E-state index >= 15 is 0 Å². The standard InChI is InChI=1S/C16H22N4/c1-5-7-18-16-14(11(2)3)15(19-10-20-16)13-9-17-8-6-12(13)4/h6,8-11H,5,7H2,1-4H3,(H,18,19,20). The Morgan fingerprint density at radius 2 is 2.05 bits per heavy atom. The molecule has 0 saturated carbocycles. The average Bonchev–Trinajstić information content (AvgIpc) is 2.45. The zero-order chi connectivity index (χ0) is 14.5. The summed E-state index contributed by atoms with van der Waals surface area (Å²) in [6.07, 6.45) is 6.40. The molecule has 0 fully saturated rings. The number of pyridine rings is 1. The molecule has 2 heterocycles. The van der Waals surface area contributed by atoms with Gasteiger partial charge in [0.1, 0.15) is 12.1 Å². The van der Waals surface area contributed by atoms with Crippen molar-refractivity contribution >= 4 is 5.82 Å². The maximum Gasteiger partial charge on any atom is 0.133 e. The Morgan fingerprint density at radius 1 is 1.25 bits per heavy atom. The van der Waals surface area contributed by atoms with Crippen LogP contribution in [-0.4, -0.2) is 21.5 Å². The van der Waals surface area contributed by atoms with Crippen LogP contribution in [-0.2, 0) is 0 Å². The zero-order valence-corrected chi connectivity index (χ0v) is 12.6. The molecule has 0 atom stereocenters. The number of nitrogens with one attached hydrogen (secondary N) is 1. The Labute approximate surface area is 120 Å². The maximum atomic E-state index is 4.51. The fraction of sp³-hybridized carbons (Fsp3) is 0.438. The first-order chi connectivity index (χ1) is 9.65. The summed E-state index contributed by atoms with van der Waals surface area (Å²) < 4.78 is 0. The molecule has 2 aromatic rings. The smallest absolute Gasteiger partial charge is 0.133 e. The number of anilines is 1. The van der Waals surface area contributed by atoms with Crippen LogP contribution >= 0.6 is 0 Å². The summed E-state index contributed by atoms with van der Waals surface area (Å²) in [5.41, 5.74) is 4.41. The van der Waals surface area contributed by atoms with E-state index in [0.717, 1.165) is 35.6 Å². The molecular formula is C16H22N4. The van der Waals surface area contributed by atoms with Crippen molar-refractivity contribution in [1.29, 1.82) is 0 Å². The molecule has 4 nitrogen and oxygen atoms in total. The minimum atomic E-state index is 0.352. The highest BCUT2D eigenvalue weighted by Crippen LogP contribution is 2.32. The predicted octanol–water partition coefficient (Wildman–Crippen LogP) is 3.79. The van der Waals surface area contributed by atoms with Gasteiger partial charge >= 0.3 is 0 Å². The van der Waals surface area contributed by atoms with E-state index in [1.807, 2.05) is 18.5 Å². The Morgan fingerprint density at radius 3 is 2.70 bits per heavy atom. The topological polar surface area (TPSA) is 50.7 Å². The molecule has 0 amide bonds. The van der Waals surface area contributed by atoms with Crippen LogP contribution in [0.4, 0.5) is 5.82 Å². The van der Waals surface area contributed by atoms with Gasteiger partial charge in [-0.1, -0.05) is 20.8 Å². The van der Waals surface area contributed by atoms with Crippen LogP contribution in [0.5, 0.6) is 0 Å². The lowest BCUT2D eigenvalue weighted by atomic mass is 9.96. The second-order valence-electron chi connectivity index (χ2n) is 5.26. The lowest BCUT2D eigenvalue weighted by molar-refractivity contribution is 0.843. The van der Waals surface area contributed by atoms with Crippen LogP contribution in [0.15, 0.2) is 24.8 Å². The Hall–Kier alpha value is -1.97. The highest BCUT2D eigenvalue weighted by molar-refractivity contribution is 5.70. The van der Waals surface area contributed by atoms with Gasteiger partial charge in [-0.15, -0.1) is 0 Å². The van der Waals surface area contributed by atoms with Crippen molar-refractivity contribution in [2.24, 2.45) is 0 Å². The first-order valence-corrected chi connectivity index (χ1v) is 7.14. The van der Waals surface area contributed by atoms with Crippen molar-refractivity contribution in [3.05, 3.63) is 35.9 Å². The molecule has 0 aromatic carbocycles. The van der Waals surface area contributed by atoms with E-state index in [1.54, 1.807) is 6.33 Å². The lowest BCUT2D eigenvalue weighted by Crippen LogP contribution is -2.09. The van der Waals surface area contributed by atoms with Crippen LogP contribution in [0.1, 0.15) is 44.2 Å². The molecule has 0 aliphatic rings. The van der Waals surface area contributed by atoms with E-state index in [-0.39, 0.29) is 0 Å². The van der Waals surface area contributed by atoms with Gasteiger partial charge in [0, 0.05) is 30.1 Å². The normalized spacial score (nSPS) is 10.8. The summed E-state index contributed by atoms with van der Waals surface area (Å²) in [7, 11) is 0. The molecule has 20 heavy (non-hydrogen) atoms. The predicted molar refractivity (Wildman–Crippen MR) is 82.9 cm³/mol. The number of rotatable bonds is 5. The van der Waals surface area contributed by atoms with Crippen molar-refractivity contribution in [2.75, 3.05) is 11.9 Å². The van der Waals surface area contributed by atoms with Crippen LogP contribution < -0.4 is 5.32 Å². The van der Waals surface area contributed by atoms with E-state index in [1.165, 1.54) is 5.56 Å². The third kappa shape index (κ3) is 2.95. The second kappa shape index (κ2) is 6.46. The summed E-state index contributed by atoms with van der Waals surface area (Å²) >= 11 is 0. The molecule has 2 rings (SSSR count). The van der Waals surface area contributed by atoms with Crippen molar-refractivity contribution < 1.29 is 0 Å². The molecule has 0 spiro atoms. The number of aromatic nitrogens is 3. The molecule has 1 N–H and O–H groups in total. The second-order valence-corrected chi connectivity index (χ2v) is 5.26. The quantitative estimate of drug-likeness (QED) is 0.898. The van der Waals surface area contributed by atoms with Gasteiger partial charge < -0.3 is 5.32 Å². The molecule has 0 aliphatic heterocycles. The van der Waals surface area contributed by atoms with Gasteiger partial charge in [-0.3, -0.25) is 4.98 Å². The SMILES string of the molecule is CCCNc1ncnc(-c2cnccc2C)c1C(C)C. The Balaban J connectivity index is 2.55. The monoisotopic (exact) mass is 270 g/mol. The highest BCUT2D eigenvalue weighted by Gasteiger charge is 2.17. The minimum absolute atomic E-state index is 0.352. The summed E-state index contributed by atoms with van der Waals surface area (Å²) in [5, 5.41) is 3.40. The molecule has 0 unspecified atom stereocenters. The molecule has 4 heteroatoms. The molecule has 0 saturated heterocycles. The van der Waals surface area contributed by atoms with Gasteiger partial charge in [0.15, 0.2) is 0 Å². The number of hydrogen-bond acceptors (Lipinski definition) is 4. The summed E-state index contributed by atoms with van der Waals surface area (Å²) in [5.74, 6) is 1.29. The van der Waals surface area contributed by atoms with Gasteiger partial charge in [-0.25, -0.2) is 9.97 Å². The minimum Gasteiger partial charge on any atom is -0.370 e. The van der Waals surface area contributed by atoms with E-state index in [0.29, 0.717) is 5.92 Å². The van der Waals surface area contributed by atoms with Crippen molar-refractivity contribution in [2.45, 2.75) is 40.0 Å². The van der Waals surface area contributed by atoms with Crippen molar-refractivity contribution in [3.63, 3.8) is 0 Å². The average molecular weight is 270 g/mol. The Kier molecular flexibility index (Phi) is 4.66. The van der Waals surface area contributed by atoms with Crippen molar-refractivity contribution in [3.8, 4) is 11.3 Å². The van der Waals surface area contributed by atoms with Crippen LogP contribution in [0.2, 0.25) is 0 Å². The largest absolute Gasteiger partial charge is 0.370 e. The zero-order valence-electron chi connectivity index (χ0n) is 12.6. The van der Waals surface area contributed by atoms with E-state index < -0.39 is 0 Å². The third-order valence-electron chi connectivity index (χ3n) is 3.30. The van der Waals surface area contributed by atoms with E-state index in [2.05, 4.69) is 48.0 Å². The molecule has 0 aliphatic carbocycles. The first-order valence-electron chi connectivity index (χ1n) is 7.14. The van der Waals surface area contributed by atoms with Gasteiger partial charge in [-0.05, 0) is 30.9 Å². The number of aryl methyl sites for hydroxylation is 1. The molecule has 106 valence electrons. The molecule has 0 radical (unpaired) electrons. The van der Waals surface area contributed by atoms with Crippen molar-refractivity contribution in [1.82, 2.24) is 15.0 Å². The van der Waals surface area contributed by atoms with Gasteiger partial charge in [0.25, 0.3) is 0 Å². The Bertz CT molecular complexity index is 578. The van der Waals surface area contributed by atoms with E-state index in [9.17, 15) is 0 Å². The van der Waals surface area contributed by atoms with Gasteiger partial charge in [-0.2, -0.15) is 0 Å². The summed E-state index contributed by atoms with van der Waals surface area (Å²) in [4.78, 5) is 13.2. The van der Waals surface area contributed by atoms with Gasteiger partial charge in [0.2, 0.25) is 0 Å².